The van der Waals surface area contributed by atoms with Crippen molar-refractivity contribution in [2.75, 3.05) is 5.32 Å². The number of carbonyl (C=O) groups excluding carboxylic acids is 1. The number of phenols is 1. The minimum absolute atomic E-state index is 0.0542. The van der Waals surface area contributed by atoms with Gasteiger partial charge < -0.3 is 15.0 Å². The Bertz CT molecular complexity index is 910. The van der Waals surface area contributed by atoms with Crippen molar-refractivity contribution in [2.45, 2.75) is 20.8 Å². The van der Waals surface area contributed by atoms with E-state index < -0.39 is 0 Å². The molecule has 24 heavy (non-hydrogen) atoms. The molecule has 1 amide bonds. The maximum atomic E-state index is 12.6. The average molecular weight is 320 g/mol. The van der Waals surface area contributed by atoms with E-state index in [4.69, 9.17) is 0 Å². The van der Waals surface area contributed by atoms with E-state index in [0.717, 1.165) is 22.6 Å². The van der Waals surface area contributed by atoms with E-state index in [1.165, 1.54) is 0 Å². The molecule has 122 valence electrons. The fourth-order valence-electron chi connectivity index (χ4n) is 2.95. The Kier molecular flexibility index (Phi) is 4.13. The van der Waals surface area contributed by atoms with Gasteiger partial charge in [-0.1, -0.05) is 30.3 Å². The highest BCUT2D eigenvalue weighted by atomic mass is 16.3. The Balaban J connectivity index is 1.99. The Hall–Kier alpha value is -3.01. The molecule has 0 bridgehead atoms. The van der Waals surface area contributed by atoms with Crippen molar-refractivity contribution in [3.8, 4) is 11.4 Å². The van der Waals surface area contributed by atoms with Gasteiger partial charge >= 0.3 is 0 Å². The highest BCUT2D eigenvalue weighted by Gasteiger charge is 2.18. The Morgan fingerprint density at radius 1 is 1.00 bits per heavy atom. The number of aryl methyl sites for hydroxylation is 2. The van der Waals surface area contributed by atoms with E-state index >= 15 is 0 Å². The quantitative estimate of drug-likeness (QED) is 0.705. The van der Waals surface area contributed by atoms with Crippen molar-refractivity contribution in [2.24, 2.45) is 0 Å². The summed E-state index contributed by atoms with van der Waals surface area (Å²) >= 11 is 0. The zero-order chi connectivity index (χ0) is 17.3. The molecule has 0 spiro atoms. The second kappa shape index (κ2) is 6.24. The van der Waals surface area contributed by atoms with Gasteiger partial charge in [-0.3, -0.25) is 4.79 Å². The summed E-state index contributed by atoms with van der Waals surface area (Å²) in [6.45, 7) is 5.96. The predicted octanol–water partition coefficient (Wildman–Crippen LogP) is 4.36. The average Bonchev–Trinajstić information content (AvgIpc) is 2.85. The predicted molar refractivity (Wildman–Crippen MR) is 96.0 cm³/mol. The van der Waals surface area contributed by atoms with Crippen LogP contribution in [0, 0.1) is 20.8 Å². The van der Waals surface area contributed by atoms with Crippen LogP contribution in [0.2, 0.25) is 0 Å². The SMILES string of the molecule is Cc1ccccc1-n1c(C)cc(C(=O)Nc2ccccc2O)c1C. The van der Waals surface area contributed by atoms with Crippen LogP contribution in [-0.2, 0) is 0 Å². The maximum Gasteiger partial charge on any atom is 0.257 e. The molecule has 1 aromatic heterocycles. The van der Waals surface area contributed by atoms with Gasteiger partial charge in [-0.05, 0) is 50.6 Å². The molecule has 4 nitrogen and oxygen atoms in total. The minimum atomic E-state index is -0.232. The summed E-state index contributed by atoms with van der Waals surface area (Å²) in [5, 5.41) is 12.6. The standard InChI is InChI=1S/C20H20N2O2/c1-13-8-4-6-10-18(13)22-14(2)12-16(15(22)3)20(24)21-17-9-5-7-11-19(17)23/h4-12,23H,1-3H3,(H,21,24). The molecule has 0 fully saturated rings. The molecule has 0 aliphatic heterocycles. The molecule has 0 radical (unpaired) electrons. The van der Waals surface area contributed by atoms with Crippen LogP contribution in [0.25, 0.3) is 5.69 Å². The first kappa shape index (κ1) is 15.9. The van der Waals surface area contributed by atoms with Crippen LogP contribution in [0.1, 0.15) is 27.3 Å². The van der Waals surface area contributed by atoms with Crippen molar-refractivity contribution in [3.05, 3.63) is 77.1 Å². The van der Waals surface area contributed by atoms with Gasteiger partial charge in [0.2, 0.25) is 0 Å². The van der Waals surface area contributed by atoms with Crippen LogP contribution in [0.4, 0.5) is 5.69 Å². The van der Waals surface area contributed by atoms with Crippen molar-refractivity contribution in [1.29, 1.82) is 0 Å². The van der Waals surface area contributed by atoms with E-state index in [9.17, 15) is 9.90 Å². The summed E-state index contributed by atoms with van der Waals surface area (Å²) in [6, 6.07) is 16.7. The van der Waals surface area contributed by atoms with Gasteiger partial charge in [0.05, 0.1) is 11.3 Å². The fraction of sp³-hybridized carbons (Fsp3) is 0.150. The van der Waals surface area contributed by atoms with Crippen LogP contribution < -0.4 is 5.32 Å². The summed E-state index contributed by atoms with van der Waals surface area (Å²) in [5.74, 6) is -0.178. The van der Waals surface area contributed by atoms with Crippen LogP contribution >= 0.6 is 0 Å². The third-order valence-corrected chi connectivity index (χ3v) is 4.18. The zero-order valence-corrected chi connectivity index (χ0v) is 14.0. The lowest BCUT2D eigenvalue weighted by Gasteiger charge is -2.13. The molecule has 0 aliphatic carbocycles. The van der Waals surface area contributed by atoms with Gasteiger partial charge in [0.1, 0.15) is 5.75 Å². The van der Waals surface area contributed by atoms with Crippen LogP contribution in [-0.4, -0.2) is 15.6 Å². The smallest absolute Gasteiger partial charge is 0.257 e. The molecule has 4 heteroatoms. The Labute approximate surface area is 141 Å². The topological polar surface area (TPSA) is 54.3 Å². The molecule has 1 heterocycles. The minimum Gasteiger partial charge on any atom is -0.506 e. The van der Waals surface area contributed by atoms with Gasteiger partial charge in [-0.2, -0.15) is 0 Å². The third kappa shape index (κ3) is 2.78. The fourth-order valence-corrected chi connectivity index (χ4v) is 2.95. The van der Waals surface area contributed by atoms with E-state index in [1.54, 1.807) is 24.3 Å². The van der Waals surface area contributed by atoms with Crippen molar-refractivity contribution < 1.29 is 9.90 Å². The highest BCUT2D eigenvalue weighted by Crippen LogP contribution is 2.26. The number of hydrogen-bond acceptors (Lipinski definition) is 2. The lowest BCUT2D eigenvalue weighted by molar-refractivity contribution is 0.102. The van der Waals surface area contributed by atoms with Gasteiger partial charge in [0, 0.05) is 17.1 Å². The number of carbonyl (C=O) groups is 1. The number of amides is 1. The molecule has 0 saturated carbocycles. The normalized spacial score (nSPS) is 10.6. The first-order valence-electron chi connectivity index (χ1n) is 7.83. The second-order valence-corrected chi connectivity index (χ2v) is 5.88. The van der Waals surface area contributed by atoms with Gasteiger partial charge in [-0.25, -0.2) is 0 Å². The molecule has 2 N–H and O–H groups in total. The van der Waals surface area contributed by atoms with E-state index in [-0.39, 0.29) is 11.7 Å². The molecular weight excluding hydrogens is 300 g/mol. The summed E-state index contributed by atoms with van der Waals surface area (Å²) < 4.78 is 2.08. The molecule has 3 aromatic rings. The zero-order valence-electron chi connectivity index (χ0n) is 14.0. The van der Waals surface area contributed by atoms with Crippen molar-refractivity contribution in [1.82, 2.24) is 4.57 Å². The molecule has 0 atom stereocenters. The molecule has 0 unspecified atom stereocenters. The molecular formula is C20H20N2O2. The van der Waals surface area contributed by atoms with Crippen LogP contribution in [0.15, 0.2) is 54.6 Å². The molecule has 0 saturated heterocycles. The molecule has 0 aliphatic rings. The summed E-state index contributed by atoms with van der Waals surface area (Å²) in [7, 11) is 0. The number of anilines is 1. The first-order valence-corrected chi connectivity index (χ1v) is 7.83. The molecule has 2 aromatic carbocycles. The number of hydrogen-bond donors (Lipinski definition) is 2. The first-order chi connectivity index (χ1) is 11.5. The summed E-state index contributed by atoms with van der Waals surface area (Å²) in [5.41, 5.74) is 5.07. The van der Waals surface area contributed by atoms with E-state index in [1.807, 2.05) is 38.1 Å². The van der Waals surface area contributed by atoms with Crippen LogP contribution in [0.3, 0.4) is 0 Å². The van der Waals surface area contributed by atoms with E-state index in [0.29, 0.717) is 11.3 Å². The summed E-state index contributed by atoms with van der Waals surface area (Å²) in [6.07, 6.45) is 0. The largest absolute Gasteiger partial charge is 0.506 e. The number of phenolic OH excluding ortho intramolecular Hbond substituents is 1. The monoisotopic (exact) mass is 320 g/mol. The Morgan fingerprint density at radius 3 is 2.38 bits per heavy atom. The maximum absolute atomic E-state index is 12.6. The highest BCUT2D eigenvalue weighted by molar-refractivity contribution is 6.06. The van der Waals surface area contributed by atoms with Gasteiger partial charge in [-0.15, -0.1) is 0 Å². The number of nitrogens with one attached hydrogen (secondary N) is 1. The lowest BCUT2D eigenvalue weighted by atomic mass is 10.2. The number of rotatable bonds is 3. The third-order valence-electron chi connectivity index (χ3n) is 4.18. The van der Waals surface area contributed by atoms with Gasteiger partial charge in [0.15, 0.2) is 0 Å². The number of para-hydroxylation sites is 3. The lowest BCUT2D eigenvalue weighted by Crippen LogP contribution is -2.13. The second-order valence-electron chi connectivity index (χ2n) is 5.88. The van der Waals surface area contributed by atoms with E-state index in [2.05, 4.69) is 22.9 Å². The number of nitrogens with zero attached hydrogens (tertiary/aromatic N) is 1. The summed E-state index contributed by atoms with van der Waals surface area (Å²) in [4.78, 5) is 12.6. The molecule has 3 rings (SSSR count). The Morgan fingerprint density at radius 2 is 1.67 bits per heavy atom. The van der Waals surface area contributed by atoms with Gasteiger partial charge in [0.25, 0.3) is 5.91 Å². The van der Waals surface area contributed by atoms with Crippen molar-refractivity contribution >= 4 is 11.6 Å². The number of aromatic nitrogens is 1. The van der Waals surface area contributed by atoms with Crippen LogP contribution in [0.5, 0.6) is 5.75 Å². The van der Waals surface area contributed by atoms with Crippen molar-refractivity contribution in [3.63, 3.8) is 0 Å². The number of benzene rings is 2. The number of aromatic hydroxyl groups is 1.